The van der Waals surface area contributed by atoms with E-state index < -0.39 is 0 Å². The van der Waals surface area contributed by atoms with Crippen LogP contribution in [0.2, 0.25) is 0 Å². The molecule has 0 aromatic heterocycles. The number of rotatable bonds is 3. The molecule has 0 aliphatic heterocycles. The van der Waals surface area contributed by atoms with Crippen molar-refractivity contribution in [2.75, 3.05) is 6.61 Å². The van der Waals surface area contributed by atoms with Crippen LogP contribution in [-0.2, 0) is 9.53 Å². The second kappa shape index (κ2) is 5.35. The van der Waals surface area contributed by atoms with Crippen molar-refractivity contribution in [2.24, 2.45) is 11.8 Å². The van der Waals surface area contributed by atoms with Gasteiger partial charge in [-0.25, -0.2) is 0 Å². The van der Waals surface area contributed by atoms with Crippen molar-refractivity contribution in [3.8, 4) is 0 Å². The first-order chi connectivity index (χ1) is 6.65. The van der Waals surface area contributed by atoms with Gasteiger partial charge in [0.25, 0.3) is 0 Å². The van der Waals surface area contributed by atoms with Crippen molar-refractivity contribution < 1.29 is 14.6 Å². The van der Waals surface area contributed by atoms with E-state index in [0.29, 0.717) is 12.5 Å². The molecule has 1 fully saturated rings. The molecule has 0 heterocycles. The Bertz CT molecular complexity index is 183. The third-order valence-corrected chi connectivity index (χ3v) is 3.11. The molecule has 0 spiro atoms. The normalized spacial score (nSPS) is 29.6. The quantitative estimate of drug-likeness (QED) is 0.706. The molecule has 0 radical (unpaired) electrons. The minimum absolute atomic E-state index is 0.0116. The molecule has 1 N–H and O–H groups in total. The molecule has 14 heavy (non-hydrogen) atoms. The van der Waals surface area contributed by atoms with E-state index in [1.165, 1.54) is 0 Å². The van der Waals surface area contributed by atoms with Gasteiger partial charge in [-0.05, 0) is 38.5 Å². The van der Waals surface area contributed by atoms with Gasteiger partial charge in [-0.15, -0.1) is 0 Å². The van der Waals surface area contributed by atoms with Gasteiger partial charge < -0.3 is 9.84 Å². The van der Waals surface area contributed by atoms with Crippen molar-refractivity contribution in [2.45, 2.75) is 45.6 Å². The Morgan fingerprint density at radius 1 is 1.43 bits per heavy atom. The highest BCUT2D eigenvalue weighted by Gasteiger charge is 2.28. The lowest BCUT2D eigenvalue weighted by Gasteiger charge is -2.28. The number of hydrogen-bond acceptors (Lipinski definition) is 3. The minimum Gasteiger partial charge on any atom is -0.466 e. The Kier molecular flexibility index (Phi) is 4.39. The lowest BCUT2D eigenvalue weighted by Crippen LogP contribution is -2.28. The van der Waals surface area contributed by atoms with Gasteiger partial charge in [0.2, 0.25) is 0 Å². The van der Waals surface area contributed by atoms with Crippen molar-refractivity contribution >= 4 is 5.97 Å². The first kappa shape index (κ1) is 11.5. The predicted molar refractivity (Wildman–Crippen MR) is 53.8 cm³/mol. The van der Waals surface area contributed by atoms with Gasteiger partial charge >= 0.3 is 5.97 Å². The third-order valence-electron chi connectivity index (χ3n) is 3.11. The maximum Gasteiger partial charge on any atom is 0.308 e. The van der Waals surface area contributed by atoms with Gasteiger partial charge in [0, 0.05) is 0 Å². The van der Waals surface area contributed by atoms with Crippen LogP contribution in [0.3, 0.4) is 0 Å². The summed E-state index contributed by atoms with van der Waals surface area (Å²) in [5, 5.41) is 9.33. The number of ether oxygens (including phenoxy) is 1. The molecule has 0 aromatic rings. The molecule has 82 valence electrons. The second-order valence-electron chi connectivity index (χ2n) is 4.11. The summed E-state index contributed by atoms with van der Waals surface area (Å²) >= 11 is 0. The molecule has 1 rings (SSSR count). The predicted octanol–water partition coefficient (Wildman–Crippen LogP) is 1.74. The van der Waals surface area contributed by atoms with Crippen LogP contribution in [0.1, 0.15) is 39.5 Å². The molecule has 3 nitrogen and oxygen atoms in total. The van der Waals surface area contributed by atoms with E-state index in [1.54, 1.807) is 0 Å². The van der Waals surface area contributed by atoms with Crippen molar-refractivity contribution in [1.29, 1.82) is 0 Å². The zero-order chi connectivity index (χ0) is 10.6. The van der Waals surface area contributed by atoms with Crippen LogP contribution >= 0.6 is 0 Å². The smallest absolute Gasteiger partial charge is 0.308 e. The molecule has 0 amide bonds. The van der Waals surface area contributed by atoms with Crippen LogP contribution < -0.4 is 0 Å². The zero-order valence-corrected chi connectivity index (χ0v) is 9.03. The Labute approximate surface area is 85.5 Å². The summed E-state index contributed by atoms with van der Waals surface area (Å²) in [5.74, 6) is 0.300. The number of hydrogen-bond donors (Lipinski definition) is 1. The van der Waals surface area contributed by atoms with Crippen LogP contribution in [0.5, 0.6) is 0 Å². The maximum absolute atomic E-state index is 11.4. The van der Waals surface area contributed by atoms with Crippen molar-refractivity contribution in [3.63, 3.8) is 0 Å². The van der Waals surface area contributed by atoms with Crippen molar-refractivity contribution in [1.82, 2.24) is 0 Å². The Morgan fingerprint density at radius 2 is 2.00 bits per heavy atom. The number of esters is 1. The van der Waals surface area contributed by atoms with Crippen LogP contribution in [0.4, 0.5) is 0 Å². The van der Waals surface area contributed by atoms with Gasteiger partial charge in [0.15, 0.2) is 0 Å². The number of aliphatic hydroxyl groups excluding tert-OH is 1. The van der Waals surface area contributed by atoms with Crippen LogP contribution in [0, 0.1) is 11.8 Å². The maximum atomic E-state index is 11.4. The molecular weight excluding hydrogens is 180 g/mol. The van der Waals surface area contributed by atoms with E-state index in [1.807, 2.05) is 13.8 Å². The van der Waals surface area contributed by atoms with Crippen molar-refractivity contribution in [3.05, 3.63) is 0 Å². The van der Waals surface area contributed by atoms with Crippen LogP contribution in [-0.4, -0.2) is 23.8 Å². The van der Waals surface area contributed by atoms with Crippen LogP contribution in [0.25, 0.3) is 0 Å². The summed E-state index contributed by atoms with van der Waals surface area (Å²) in [6.07, 6.45) is 3.39. The van der Waals surface area contributed by atoms with Gasteiger partial charge in [0.1, 0.15) is 0 Å². The summed E-state index contributed by atoms with van der Waals surface area (Å²) in [6, 6.07) is 0. The first-order valence-electron chi connectivity index (χ1n) is 5.49. The lowest BCUT2D eigenvalue weighted by atomic mass is 9.80. The SMILES string of the molecule is CCOC(=O)C(C)[C@H]1CC[C@@H](O)CC1. The summed E-state index contributed by atoms with van der Waals surface area (Å²) in [6.45, 7) is 4.22. The van der Waals surface area contributed by atoms with Gasteiger partial charge in [-0.2, -0.15) is 0 Å². The average molecular weight is 200 g/mol. The molecule has 1 aliphatic carbocycles. The Morgan fingerprint density at radius 3 is 2.50 bits per heavy atom. The lowest BCUT2D eigenvalue weighted by molar-refractivity contribution is -0.150. The molecule has 1 saturated carbocycles. The van der Waals surface area contributed by atoms with E-state index in [2.05, 4.69) is 0 Å². The first-order valence-corrected chi connectivity index (χ1v) is 5.49. The standard InChI is InChI=1S/C11H20O3/c1-3-14-11(13)8(2)9-4-6-10(12)7-5-9/h8-10,12H,3-7H2,1-2H3/t8?,9-,10+. The largest absolute Gasteiger partial charge is 0.466 e. The number of aliphatic hydroxyl groups is 1. The van der Waals surface area contributed by atoms with Gasteiger partial charge in [-0.1, -0.05) is 6.92 Å². The fourth-order valence-electron chi connectivity index (χ4n) is 2.07. The highest BCUT2D eigenvalue weighted by Crippen LogP contribution is 2.30. The number of carbonyl (C=O) groups is 1. The molecular formula is C11H20O3. The Hall–Kier alpha value is -0.570. The fraction of sp³-hybridized carbons (Fsp3) is 0.909. The molecule has 0 saturated heterocycles. The second-order valence-corrected chi connectivity index (χ2v) is 4.11. The topological polar surface area (TPSA) is 46.5 Å². The van der Waals surface area contributed by atoms with E-state index >= 15 is 0 Å². The summed E-state index contributed by atoms with van der Waals surface area (Å²) in [7, 11) is 0. The highest BCUT2D eigenvalue weighted by atomic mass is 16.5. The van der Waals surface area contributed by atoms with E-state index in [0.717, 1.165) is 25.7 Å². The highest BCUT2D eigenvalue weighted by molar-refractivity contribution is 5.72. The van der Waals surface area contributed by atoms with Crippen LogP contribution in [0.15, 0.2) is 0 Å². The summed E-state index contributed by atoms with van der Waals surface area (Å²) in [5.41, 5.74) is 0. The molecule has 1 atom stereocenters. The number of carbonyl (C=O) groups excluding carboxylic acids is 1. The summed E-state index contributed by atoms with van der Waals surface area (Å²) in [4.78, 5) is 11.4. The average Bonchev–Trinajstić information content (AvgIpc) is 2.18. The fourth-order valence-corrected chi connectivity index (χ4v) is 2.07. The molecule has 3 heteroatoms. The summed E-state index contributed by atoms with van der Waals surface area (Å²) < 4.78 is 4.98. The third kappa shape index (κ3) is 2.98. The Balaban J connectivity index is 2.37. The minimum atomic E-state index is -0.152. The van der Waals surface area contributed by atoms with Gasteiger partial charge in [-0.3, -0.25) is 4.79 Å². The van der Waals surface area contributed by atoms with E-state index in [-0.39, 0.29) is 18.0 Å². The van der Waals surface area contributed by atoms with E-state index in [4.69, 9.17) is 4.74 Å². The van der Waals surface area contributed by atoms with Gasteiger partial charge in [0.05, 0.1) is 18.6 Å². The van der Waals surface area contributed by atoms with E-state index in [9.17, 15) is 9.90 Å². The molecule has 0 aromatic carbocycles. The zero-order valence-electron chi connectivity index (χ0n) is 9.03. The molecule has 1 unspecified atom stereocenters. The molecule has 0 bridgehead atoms. The molecule has 1 aliphatic rings. The monoisotopic (exact) mass is 200 g/mol.